The lowest BCUT2D eigenvalue weighted by Gasteiger charge is -2.12. The maximum absolute atomic E-state index is 4.24. The van der Waals surface area contributed by atoms with Crippen molar-refractivity contribution >= 4 is 5.69 Å². The first-order chi connectivity index (χ1) is 9.92. The van der Waals surface area contributed by atoms with E-state index >= 15 is 0 Å². The molecule has 0 spiro atoms. The Kier molecular flexibility index (Phi) is 3.68. The van der Waals surface area contributed by atoms with Crippen LogP contribution in [0.25, 0.3) is 0 Å². The van der Waals surface area contributed by atoms with E-state index in [-0.39, 0.29) is 0 Å². The molecule has 0 amide bonds. The summed E-state index contributed by atoms with van der Waals surface area (Å²) in [4.78, 5) is 8.03. The molecule has 1 N–H and O–H groups in total. The molecule has 0 bridgehead atoms. The molecule has 0 radical (unpaired) electrons. The van der Waals surface area contributed by atoms with Crippen molar-refractivity contribution in [3.8, 4) is 0 Å². The van der Waals surface area contributed by atoms with E-state index in [0.29, 0.717) is 6.54 Å². The van der Waals surface area contributed by atoms with Gasteiger partial charge in [0.05, 0.1) is 6.54 Å². The number of hydrogen-bond acceptors (Lipinski definition) is 4. The lowest BCUT2D eigenvalue weighted by atomic mass is 10.1. The summed E-state index contributed by atoms with van der Waals surface area (Å²) in [6, 6.07) is 10.2. The van der Waals surface area contributed by atoms with Gasteiger partial charge < -0.3 is 5.32 Å². The maximum Gasteiger partial charge on any atom is 0.115 e. The minimum atomic E-state index is 0.705. The molecule has 0 aliphatic heterocycles. The smallest absolute Gasteiger partial charge is 0.115 e. The Morgan fingerprint density at radius 2 is 1.90 bits per heavy atom. The summed E-state index contributed by atoms with van der Waals surface area (Å²) in [5.74, 6) is 0. The third-order valence-electron chi connectivity index (χ3n) is 3.01. The van der Waals surface area contributed by atoms with Gasteiger partial charge in [0.25, 0.3) is 0 Å². The van der Waals surface area contributed by atoms with Gasteiger partial charge in [-0.2, -0.15) is 5.10 Å². The molecule has 2 aromatic heterocycles. The second-order valence-electron chi connectivity index (χ2n) is 4.46. The van der Waals surface area contributed by atoms with Crippen LogP contribution in [0.4, 0.5) is 5.69 Å². The van der Waals surface area contributed by atoms with Crippen LogP contribution in [0, 0.1) is 0 Å². The number of hydrogen-bond donors (Lipinski definition) is 1. The Morgan fingerprint density at radius 1 is 1.05 bits per heavy atom. The number of nitrogens with one attached hydrogen (secondary N) is 1. The number of rotatable bonds is 5. The van der Waals surface area contributed by atoms with Gasteiger partial charge in [0.2, 0.25) is 0 Å². The van der Waals surface area contributed by atoms with E-state index in [4.69, 9.17) is 0 Å². The highest BCUT2D eigenvalue weighted by Crippen LogP contribution is 2.17. The van der Waals surface area contributed by atoms with Gasteiger partial charge in [-0.05, 0) is 17.7 Å². The van der Waals surface area contributed by atoms with Gasteiger partial charge in [0, 0.05) is 42.6 Å². The fourth-order valence-electron chi connectivity index (χ4n) is 2.02. The molecule has 5 heteroatoms. The predicted octanol–water partition coefficient (Wildman–Crippen LogP) is 2.33. The van der Waals surface area contributed by atoms with Gasteiger partial charge in [0.15, 0.2) is 0 Å². The summed E-state index contributed by atoms with van der Waals surface area (Å²) in [5.41, 5.74) is 3.36. The first-order valence-electron chi connectivity index (χ1n) is 6.45. The molecule has 0 unspecified atom stereocenters. The van der Waals surface area contributed by atoms with Crippen molar-refractivity contribution in [3.05, 3.63) is 72.6 Å². The van der Waals surface area contributed by atoms with Crippen LogP contribution in [0.1, 0.15) is 11.1 Å². The molecule has 0 atom stereocenters. The zero-order valence-corrected chi connectivity index (χ0v) is 11.0. The minimum absolute atomic E-state index is 0.705. The van der Waals surface area contributed by atoms with E-state index in [9.17, 15) is 0 Å². The number of benzene rings is 1. The summed E-state index contributed by atoms with van der Waals surface area (Å²) in [6.45, 7) is 1.46. The molecule has 20 heavy (non-hydrogen) atoms. The maximum atomic E-state index is 4.24. The Balaban J connectivity index is 1.73. The number of para-hydroxylation sites is 1. The van der Waals surface area contributed by atoms with Crippen molar-refractivity contribution in [2.24, 2.45) is 0 Å². The molecule has 0 saturated carbocycles. The van der Waals surface area contributed by atoms with E-state index < -0.39 is 0 Å². The van der Waals surface area contributed by atoms with E-state index in [1.54, 1.807) is 6.20 Å². The van der Waals surface area contributed by atoms with Crippen molar-refractivity contribution in [1.82, 2.24) is 19.7 Å². The van der Waals surface area contributed by atoms with Crippen LogP contribution in [0.2, 0.25) is 0 Å². The molecule has 3 aromatic rings. The molecule has 3 rings (SSSR count). The van der Waals surface area contributed by atoms with E-state index in [1.165, 1.54) is 11.9 Å². The molecule has 1 aromatic carbocycles. The van der Waals surface area contributed by atoms with Crippen LogP contribution < -0.4 is 5.32 Å². The van der Waals surface area contributed by atoms with Crippen LogP contribution >= 0.6 is 0 Å². The second kappa shape index (κ2) is 5.97. The standard InChI is InChI=1S/C15H15N5/c1-2-5-15(18-10-13-8-16-12-17-9-13)14(4-1)11-20-7-3-6-19-20/h1-9,12,18H,10-11H2. The molecular weight excluding hydrogens is 250 g/mol. The van der Waals surface area contributed by atoms with Crippen LogP contribution in [-0.2, 0) is 13.1 Å². The molecule has 0 aliphatic rings. The highest BCUT2D eigenvalue weighted by molar-refractivity contribution is 5.51. The quantitative estimate of drug-likeness (QED) is 0.769. The third-order valence-corrected chi connectivity index (χ3v) is 3.01. The highest BCUT2D eigenvalue weighted by Gasteiger charge is 2.03. The third kappa shape index (κ3) is 3.00. The van der Waals surface area contributed by atoms with Crippen molar-refractivity contribution in [3.63, 3.8) is 0 Å². The average molecular weight is 265 g/mol. The van der Waals surface area contributed by atoms with Gasteiger partial charge >= 0.3 is 0 Å². The van der Waals surface area contributed by atoms with E-state index in [0.717, 1.165) is 17.8 Å². The van der Waals surface area contributed by atoms with Crippen molar-refractivity contribution < 1.29 is 0 Å². The van der Waals surface area contributed by atoms with Gasteiger partial charge in [-0.25, -0.2) is 9.97 Å². The normalized spacial score (nSPS) is 10.4. The van der Waals surface area contributed by atoms with Crippen LogP contribution in [0.5, 0.6) is 0 Å². The van der Waals surface area contributed by atoms with Crippen molar-refractivity contribution in [2.45, 2.75) is 13.1 Å². The highest BCUT2D eigenvalue weighted by atomic mass is 15.3. The zero-order chi connectivity index (χ0) is 13.6. The van der Waals surface area contributed by atoms with E-state index in [2.05, 4.69) is 32.5 Å². The first-order valence-corrected chi connectivity index (χ1v) is 6.45. The lowest BCUT2D eigenvalue weighted by Crippen LogP contribution is -2.06. The largest absolute Gasteiger partial charge is 0.381 e. The molecular formula is C15H15N5. The van der Waals surface area contributed by atoms with Crippen LogP contribution in [0.3, 0.4) is 0 Å². The fourth-order valence-corrected chi connectivity index (χ4v) is 2.02. The monoisotopic (exact) mass is 265 g/mol. The van der Waals surface area contributed by atoms with Crippen LogP contribution in [0.15, 0.2) is 61.4 Å². The SMILES string of the molecule is c1ccc(NCc2cncnc2)c(Cn2cccn2)c1. The summed E-state index contributed by atoms with van der Waals surface area (Å²) >= 11 is 0. The van der Waals surface area contributed by atoms with Gasteiger partial charge in [0.1, 0.15) is 6.33 Å². The molecule has 0 fully saturated rings. The second-order valence-corrected chi connectivity index (χ2v) is 4.46. The molecule has 0 saturated heterocycles. The fraction of sp³-hybridized carbons (Fsp3) is 0.133. The molecule has 5 nitrogen and oxygen atoms in total. The van der Waals surface area contributed by atoms with E-state index in [1.807, 2.05) is 41.5 Å². The van der Waals surface area contributed by atoms with Crippen LogP contribution in [-0.4, -0.2) is 19.7 Å². The predicted molar refractivity (Wildman–Crippen MR) is 77.1 cm³/mol. The topological polar surface area (TPSA) is 55.6 Å². The molecule has 100 valence electrons. The minimum Gasteiger partial charge on any atom is -0.381 e. The summed E-state index contributed by atoms with van der Waals surface area (Å²) in [7, 11) is 0. The number of anilines is 1. The Morgan fingerprint density at radius 3 is 2.70 bits per heavy atom. The Labute approximate surface area is 117 Å². The number of aromatic nitrogens is 4. The molecule has 0 aliphatic carbocycles. The van der Waals surface area contributed by atoms with Crippen molar-refractivity contribution in [2.75, 3.05) is 5.32 Å². The summed E-state index contributed by atoms with van der Waals surface area (Å²) < 4.78 is 1.91. The average Bonchev–Trinajstić information content (AvgIpc) is 3.00. The summed E-state index contributed by atoms with van der Waals surface area (Å²) in [5, 5.41) is 7.66. The number of nitrogens with zero attached hydrogens (tertiary/aromatic N) is 4. The Bertz CT molecular complexity index is 649. The first kappa shape index (κ1) is 12.3. The zero-order valence-electron chi connectivity index (χ0n) is 11.0. The lowest BCUT2D eigenvalue weighted by molar-refractivity contribution is 0.687. The summed E-state index contributed by atoms with van der Waals surface area (Å²) in [6.07, 6.45) is 8.92. The van der Waals surface area contributed by atoms with Crippen molar-refractivity contribution in [1.29, 1.82) is 0 Å². The van der Waals surface area contributed by atoms with Gasteiger partial charge in [-0.15, -0.1) is 0 Å². The van der Waals surface area contributed by atoms with Gasteiger partial charge in [-0.3, -0.25) is 4.68 Å². The Hall–Kier alpha value is -2.69. The van der Waals surface area contributed by atoms with Gasteiger partial charge in [-0.1, -0.05) is 18.2 Å². The molecule has 2 heterocycles.